The Morgan fingerprint density at radius 1 is 1.32 bits per heavy atom. The first-order valence-electron chi connectivity index (χ1n) is 6.70. The third kappa shape index (κ3) is 4.56. The second kappa shape index (κ2) is 7.14. The van der Waals surface area contributed by atoms with Crippen molar-refractivity contribution >= 4 is 11.7 Å². The Bertz CT molecular complexity index is 430. The molecule has 0 heterocycles. The molecule has 0 fully saturated rings. The van der Waals surface area contributed by atoms with E-state index in [0.717, 1.165) is 16.8 Å². The summed E-state index contributed by atoms with van der Waals surface area (Å²) in [6.45, 7) is 8.13. The Kier molecular flexibility index (Phi) is 5.83. The predicted octanol–water partition coefficient (Wildman–Crippen LogP) is 2.83. The highest BCUT2D eigenvalue weighted by Gasteiger charge is 2.16. The summed E-state index contributed by atoms with van der Waals surface area (Å²) >= 11 is 0. The number of carbonyl (C=O) groups excluding carboxylic acids is 1. The van der Waals surface area contributed by atoms with Gasteiger partial charge in [0.25, 0.3) is 0 Å². The molecule has 0 aliphatic carbocycles. The lowest BCUT2D eigenvalue weighted by atomic mass is 10.0. The van der Waals surface area contributed by atoms with E-state index in [1.807, 2.05) is 45.9 Å². The van der Waals surface area contributed by atoms with Gasteiger partial charge in [-0.1, -0.05) is 26.0 Å². The number of hydrogen-bond donors (Lipinski definition) is 3. The third-order valence-electron chi connectivity index (χ3n) is 3.41. The summed E-state index contributed by atoms with van der Waals surface area (Å²) in [5, 5.41) is 14.8. The van der Waals surface area contributed by atoms with Gasteiger partial charge in [0.05, 0.1) is 0 Å². The average molecular weight is 264 g/mol. The minimum atomic E-state index is -0.221. The van der Waals surface area contributed by atoms with Gasteiger partial charge in [-0.25, -0.2) is 4.79 Å². The van der Waals surface area contributed by atoms with Crippen molar-refractivity contribution in [2.75, 3.05) is 11.9 Å². The van der Waals surface area contributed by atoms with Crippen LogP contribution >= 0.6 is 0 Å². The number of nitrogens with one attached hydrogen (secondary N) is 2. The quantitative estimate of drug-likeness (QED) is 0.766. The van der Waals surface area contributed by atoms with Gasteiger partial charge in [0.2, 0.25) is 0 Å². The summed E-state index contributed by atoms with van der Waals surface area (Å²) in [4.78, 5) is 12.0. The van der Waals surface area contributed by atoms with E-state index in [4.69, 9.17) is 5.11 Å². The molecule has 19 heavy (non-hydrogen) atoms. The van der Waals surface area contributed by atoms with Crippen molar-refractivity contribution in [3.05, 3.63) is 29.3 Å². The number of aryl methyl sites for hydroxylation is 1. The summed E-state index contributed by atoms with van der Waals surface area (Å²) in [6, 6.07) is 5.58. The molecule has 1 atom stereocenters. The van der Waals surface area contributed by atoms with Crippen LogP contribution in [-0.4, -0.2) is 23.8 Å². The Balaban J connectivity index is 2.66. The van der Waals surface area contributed by atoms with E-state index in [-0.39, 0.29) is 24.6 Å². The lowest BCUT2D eigenvalue weighted by Crippen LogP contribution is -2.41. The molecule has 4 nitrogen and oxygen atoms in total. The maximum Gasteiger partial charge on any atom is 0.319 e. The molecule has 0 aromatic heterocycles. The van der Waals surface area contributed by atoms with E-state index < -0.39 is 0 Å². The van der Waals surface area contributed by atoms with Crippen molar-refractivity contribution in [1.82, 2.24) is 5.32 Å². The van der Waals surface area contributed by atoms with Crippen molar-refractivity contribution in [3.8, 4) is 0 Å². The lowest BCUT2D eigenvalue weighted by molar-refractivity contribution is 0.227. The second-order valence-electron chi connectivity index (χ2n) is 5.21. The fraction of sp³-hybridized carbons (Fsp3) is 0.533. The van der Waals surface area contributed by atoms with Crippen LogP contribution in [0.4, 0.5) is 10.5 Å². The third-order valence-corrected chi connectivity index (χ3v) is 3.41. The summed E-state index contributed by atoms with van der Waals surface area (Å²) in [5.41, 5.74) is 3.04. The number of anilines is 1. The maximum atomic E-state index is 12.0. The first kappa shape index (κ1) is 15.5. The fourth-order valence-corrected chi connectivity index (χ4v) is 1.92. The highest BCUT2D eigenvalue weighted by atomic mass is 16.3. The van der Waals surface area contributed by atoms with Crippen LogP contribution in [0.25, 0.3) is 0 Å². The number of aliphatic hydroxyl groups excluding tert-OH is 1. The molecule has 1 aromatic rings. The van der Waals surface area contributed by atoms with E-state index in [0.29, 0.717) is 6.42 Å². The van der Waals surface area contributed by atoms with Crippen LogP contribution in [0.3, 0.4) is 0 Å². The van der Waals surface area contributed by atoms with Crippen LogP contribution in [0.15, 0.2) is 18.2 Å². The first-order valence-corrected chi connectivity index (χ1v) is 6.70. The maximum absolute atomic E-state index is 12.0. The first-order chi connectivity index (χ1) is 8.95. The second-order valence-corrected chi connectivity index (χ2v) is 5.21. The molecular formula is C15H24N2O2. The van der Waals surface area contributed by atoms with Gasteiger partial charge in [0, 0.05) is 18.3 Å². The van der Waals surface area contributed by atoms with Gasteiger partial charge < -0.3 is 15.7 Å². The van der Waals surface area contributed by atoms with E-state index >= 15 is 0 Å². The lowest BCUT2D eigenvalue weighted by Gasteiger charge is -2.22. The number of benzene rings is 1. The SMILES string of the molecule is Cc1cccc(NC(=O)NC(CCO)C(C)C)c1C. The molecule has 1 rings (SSSR count). The summed E-state index contributed by atoms with van der Waals surface area (Å²) < 4.78 is 0. The van der Waals surface area contributed by atoms with Crippen LogP contribution in [0.2, 0.25) is 0 Å². The molecule has 106 valence electrons. The van der Waals surface area contributed by atoms with Crippen molar-refractivity contribution in [2.45, 2.75) is 40.2 Å². The smallest absolute Gasteiger partial charge is 0.319 e. The van der Waals surface area contributed by atoms with Crippen molar-refractivity contribution in [2.24, 2.45) is 5.92 Å². The Labute approximate surface area is 115 Å². The van der Waals surface area contributed by atoms with Gasteiger partial charge in [-0.2, -0.15) is 0 Å². The highest BCUT2D eigenvalue weighted by molar-refractivity contribution is 5.90. The molecule has 0 aliphatic heterocycles. The van der Waals surface area contributed by atoms with E-state index in [1.165, 1.54) is 0 Å². The molecule has 2 amide bonds. The molecule has 1 aromatic carbocycles. The zero-order chi connectivity index (χ0) is 14.4. The number of urea groups is 1. The van der Waals surface area contributed by atoms with E-state index in [1.54, 1.807) is 0 Å². The minimum absolute atomic E-state index is 0.0184. The number of hydrogen-bond acceptors (Lipinski definition) is 2. The normalized spacial score (nSPS) is 12.3. The number of amides is 2. The molecule has 0 spiro atoms. The number of carbonyl (C=O) groups is 1. The topological polar surface area (TPSA) is 61.4 Å². The largest absolute Gasteiger partial charge is 0.396 e. The molecular weight excluding hydrogens is 240 g/mol. The standard InChI is InChI=1S/C15H24N2O2/c1-10(2)13(8-9-18)16-15(19)17-14-7-5-6-11(3)12(14)4/h5-7,10,13,18H,8-9H2,1-4H3,(H2,16,17,19). The van der Waals surface area contributed by atoms with Crippen LogP contribution in [-0.2, 0) is 0 Å². The number of rotatable bonds is 5. The van der Waals surface area contributed by atoms with Gasteiger partial charge in [-0.15, -0.1) is 0 Å². The zero-order valence-electron chi connectivity index (χ0n) is 12.2. The molecule has 0 radical (unpaired) electrons. The Hall–Kier alpha value is -1.55. The molecule has 0 aliphatic rings. The van der Waals surface area contributed by atoms with Gasteiger partial charge >= 0.3 is 6.03 Å². The monoisotopic (exact) mass is 264 g/mol. The Morgan fingerprint density at radius 3 is 2.58 bits per heavy atom. The molecule has 3 N–H and O–H groups in total. The van der Waals surface area contributed by atoms with Crippen LogP contribution in [0.1, 0.15) is 31.4 Å². The van der Waals surface area contributed by atoms with Crippen molar-refractivity contribution in [3.63, 3.8) is 0 Å². The summed E-state index contributed by atoms with van der Waals surface area (Å²) in [5.74, 6) is 0.288. The predicted molar refractivity (Wildman–Crippen MR) is 78.4 cm³/mol. The van der Waals surface area contributed by atoms with Gasteiger partial charge in [-0.3, -0.25) is 0 Å². The van der Waals surface area contributed by atoms with Crippen LogP contribution in [0.5, 0.6) is 0 Å². The molecule has 1 unspecified atom stereocenters. The van der Waals surface area contributed by atoms with E-state index in [2.05, 4.69) is 10.6 Å². The summed E-state index contributed by atoms with van der Waals surface area (Å²) in [7, 11) is 0. The van der Waals surface area contributed by atoms with Gasteiger partial charge in [0.1, 0.15) is 0 Å². The van der Waals surface area contributed by atoms with Crippen LogP contribution < -0.4 is 10.6 Å². The molecule has 0 saturated heterocycles. The Morgan fingerprint density at radius 2 is 2.00 bits per heavy atom. The average Bonchev–Trinajstić information content (AvgIpc) is 2.34. The van der Waals surface area contributed by atoms with Crippen molar-refractivity contribution < 1.29 is 9.90 Å². The van der Waals surface area contributed by atoms with Crippen LogP contribution in [0, 0.1) is 19.8 Å². The summed E-state index contributed by atoms with van der Waals surface area (Å²) in [6.07, 6.45) is 0.567. The van der Waals surface area contributed by atoms with Crippen molar-refractivity contribution in [1.29, 1.82) is 0 Å². The number of aliphatic hydroxyl groups is 1. The zero-order valence-corrected chi connectivity index (χ0v) is 12.2. The fourth-order valence-electron chi connectivity index (χ4n) is 1.92. The highest BCUT2D eigenvalue weighted by Crippen LogP contribution is 2.18. The van der Waals surface area contributed by atoms with Gasteiger partial charge in [-0.05, 0) is 43.4 Å². The molecule has 0 saturated carbocycles. The molecule has 4 heteroatoms. The molecule has 0 bridgehead atoms. The van der Waals surface area contributed by atoms with E-state index in [9.17, 15) is 4.79 Å². The minimum Gasteiger partial charge on any atom is -0.396 e. The van der Waals surface area contributed by atoms with Gasteiger partial charge in [0.15, 0.2) is 0 Å².